The lowest BCUT2D eigenvalue weighted by Crippen LogP contribution is -2.47. The van der Waals surface area contributed by atoms with Crippen LogP contribution in [0, 0.1) is 6.92 Å². The van der Waals surface area contributed by atoms with E-state index >= 15 is 0 Å². The second-order valence-electron chi connectivity index (χ2n) is 9.89. The molecule has 2 aromatic carbocycles. The lowest BCUT2D eigenvalue weighted by molar-refractivity contribution is 0.114. The number of aryl methyl sites for hydroxylation is 1. The first-order valence-electron chi connectivity index (χ1n) is 13.3. The number of ether oxygens (including phenoxy) is 2. The van der Waals surface area contributed by atoms with Gasteiger partial charge in [-0.25, -0.2) is 4.98 Å². The summed E-state index contributed by atoms with van der Waals surface area (Å²) in [4.78, 5) is 28.7. The summed E-state index contributed by atoms with van der Waals surface area (Å²) in [7, 11) is 3.29. The van der Waals surface area contributed by atoms with Crippen molar-refractivity contribution in [2.75, 3.05) is 70.3 Å². The number of aromatic amines is 2. The van der Waals surface area contributed by atoms with E-state index in [0.717, 1.165) is 64.2 Å². The number of nitrogens with one attached hydrogen (secondary N) is 3. The Bertz CT molecular complexity index is 1530. The molecule has 1 aliphatic heterocycles. The van der Waals surface area contributed by atoms with E-state index in [4.69, 9.17) is 14.5 Å². The number of H-pyrrole nitrogens is 2. The van der Waals surface area contributed by atoms with Crippen molar-refractivity contribution in [1.82, 2.24) is 19.9 Å². The highest BCUT2D eigenvalue weighted by molar-refractivity contribution is 9.10. The lowest BCUT2D eigenvalue weighted by atomic mass is 10.1. The number of pyridine rings is 1. The fourth-order valence-corrected chi connectivity index (χ4v) is 5.79. The first-order chi connectivity index (χ1) is 19.4. The molecule has 40 heavy (non-hydrogen) atoms. The molecule has 0 aliphatic carbocycles. The average Bonchev–Trinajstić information content (AvgIpc) is 3.38. The van der Waals surface area contributed by atoms with Gasteiger partial charge in [0.25, 0.3) is 5.56 Å². The molecule has 2 aromatic heterocycles. The SMILES string of the molecule is COc1ccc([C@@H](CNc2cc[nH]c(=O)c2-c2nc3c(C)cc(N4CCN(CCO)CC4)cc3[nH]2)OC)cc1Br. The van der Waals surface area contributed by atoms with Gasteiger partial charge in [0.15, 0.2) is 0 Å². The van der Waals surface area contributed by atoms with Crippen LogP contribution in [0.4, 0.5) is 11.4 Å². The topological polar surface area (TPSA) is 119 Å². The molecule has 1 aliphatic rings. The first kappa shape index (κ1) is 28.2. The van der Waals surface area contributed by atoms with Crippen molar-refractivity contribution in [2.45, 2.75) is 13.0 Å². The molecule has 0 saturated carbocycles. The average molecular weight is 612 g/mol. The van der Waals surface area contributed by atoms with Gasteiger partial charge in [0.2, 0.25) is 0 Å². The highest BCUT2D eigenvalue weighted by Gasteiger charge is 2.21. The second-order valence-corrected chi connectivity index (χ2v) is 10.7. The summed E-state index contributed by atoms with van der Waals surface area (Å²) in [5.41, 5.74) is 5.73. The molecule has 10 nitrogen and oxygen atoms in total. The number of β-amino-alcohol motifs (C(OH)–C–C–N with tert-alkyl or cyclic N) is 1. The molecule has 4 N–H and O–H groups in total. The van der Waals surface area contributed by atoms with Gasteiger partial charge in [0.05, 0.1) is 41.0 Å². The molecule has 0 spiro atoms. The quantitative estimate of drug-likeness (QED) is 0.213. The Morgan fingerprint density at radius 2 is 1.95 bits per heavy atom. The van der Waals surface area contributed by atoms with E-state index in [9.17, 15) is 9.90 Å². The van der Waals surface area contributed by atoms with Crippen LogP contribution in [-0.2, 0) is 4.74 Å². The minimum absolute atomic E-state index is 0.183. The number of hydrogen-bond acceptors (Lipinski definition) is 8. The minimum atomic E-state index is -0.257. The molecular weight excluding hydrogens is 576 g/mol. The van der Waals surface area contributed by atoms with Gasteiger partial charge in [0, 0.05) is 58.3 Å². The number of rotatable bonds is 10. The van der Waals surface area contributed by atoms with E-state index < -0.39 is 0 Å². The Morgan fingerprint density at radius 3 is 2.65 bits per heavy atom. The molecule has 1 saturated heterocycles. The summed E-state index contributed by atoms with van der Waals surface area (Å²) in [5, 5.41) is 12.6. The number of imidazole rings is 1. The van der Waals surface area contributed by atoms with Crippen LogP contribution in [0.5, 0.6) is 5.75 Å². The number of aromatic nitrogens is 3. The van der Waals surface area contributed by atoms with Gasteiger partial charge >= 0.3 is 0 Å². The van der Waals surface area contributed by atoms with Crippen molar-refractivity contribution in [3.8, 4) is 17.1 Å². The largest absolute Gasteiger partial charge is 0.496 e. The van der Waals surface area contributed by atoms with Crippen molar-refractivity contribution in [3.05, 3.63) is 68.5 Å². The molecule has 3 heterocycles. The molecule has 0 unspecified atom stereocenters. The van der Waals surface area contributed by atoms with Gasteiger partial charge < -0.3 is 34.8 Å². The maximum absolute atomic E-state index is 13.1. The van der Waals surface area contributed by atoms with Crippen molar-refractivity contribution >= 4 is 38.3 Å². The third-order valence-corrected chi connectivity index (χ3v) is 8.04. The van der Waals surface area contributed by atoms with Crippen molar-refractivity contribution < 1.29 is 14.6 Å². The molecule has 0 bridgehead atoms. The number of piperazine rings is 1. The zero-order valence-electron chi connectivity index (χ0n) is 23.0. The van der Waals surface area contributed by atoms with Gasteiger partial charge in [0.1, 0.15) is 17.1 Å². The molecule has 0 radical (unpaired) electrons. The minimum Gasteiger partial charge on any atom is -0.496 e. The van der Waals surface area contributed by atoms with Crippen LogP contribution < -0.4 is 20.5 Å². The standard InChI is InChI=1S/C29H35BrN6O4/c1-18-14-20(36-10-8-35(9-11-36)12-13-37)16-23-27(18)34-28(33-23)26-22(6-7-31-29(26)38)32-17-25(40-3)19-4-5-24(39-2)21(30)15-19/h4-7,14-16,25,37H,8-13,17H2,1-3H3,(H,33,34)(H2,31,32,38)/t25-/m1/s1. The normalized spacial score (nSPS) is 15.0. The van der Waals surface area contributed by atoms with Gasteiger partial charge in [-0.3, -0.25) is 9.69 Å². The smallest absolute Gasteiger partial charge is 0.261 e. The van der Waals surface area contributed by atoms with Crippen molar-refractivity contribution in [3.63, 3.8) is 0 Å². The Hall–Kier alpha value is -3.38. The number of anilines is 2. The van der Waals surface area contributed by atoms with E-state index in [1.807, 2.05) is 31.2 Å². The number of hydrogen-bond donors (Lipinski definition) is 4. The molecule has 0 amide bonds. The summed E-state index contributed by atoms with van der Waals surface area (Å²) in [5.74, 6) is 1.25. The van der Waals surface area contributed by atoms with Gasteiger partial charge in [-0.2, -0.15) is 0 Å². The van der Waals surface area contributed by atoms with Gasteiger partial charge in [-0.05, 0) is 64.3 Å². The number of nitrogens with zero attached hydrogens (tertiary/aromatic N) is 3. The molecule has 5 rings (SSSR count). The highest BCUT2D eigenvalue weighted by Crippen LogP contribution is 2.32. The zero-order chi connectivity index (χ0) is 28.2. The van der Waals surface area contributed by atoms with Gasteiger partial charge in [-0.1, -0.05) is 6.07 Å². The van der Waals surface area contributed by atoms with Crippen LogP contribution in [-0.4, -0.2) is 85.1 Å². The molecule has 11 heteroatoms. The van der Waals surface area contributed by atoms with Crippen LogP contribution in [0.2, 0.25) is 0 Å². The number of benzene rings is 2. The number of aliphatic hydroxyl groups is 1. The lowest BCUT2D eigenvalue weighted by Gasteiger charge is -2.35. The predicted molar refractivity (Wildman–Crippen MR) is 162 cm³/mol. The first-order valence-corrected chi connectivity index (χ1v) is 14.1. The third kappa shape index (κ3) is 5.87. The van der Waals surface area contributed by atoms with Crippen LogP contribution in [0.15, 0.2) is 51.9 Å². The van der Waals surface area contributed by atoms with Crippen LogP contribution in [0.25, 0.3) is 22.4 Å². The molecule has 1 atom stereocenters. The number of fused-ring (bicyclic) bond motifs is 1. The fraction of sp³-hybridized carbons (Fsp3) is 0.379. The van der Waals surface area contributed by atoms with E-state index in [1.54, 1.807) is 20.4 Å². The summed E-state index contributed by atoms with van der Waals surface area (Å²) in [6.07, 6.45) is 1.37. The van der Waals surface area contributed by atoms with E-state index in [0.29, 0.717) is 30.2 Å². The second kappa shape index (κ2) is 12.4. The maximum atomic E-state index is 13.1. The summed E-state index contributed by atoms with van der Waals surface area (Å²) in [6, 6.07) is 11.9. The van der Waals surface area contributed by atoms with Crippen LogP contribution in [0.1, 0.15) is 17.2 Å². The summed E-state index contributed by atoms with van der Waals surface area (Å²) < 4.78 is 12.0. The van der Waals surface area contributed by atoms with E-state index in [1.165, 1.54) is 0 Å². The maximum Gasteiger partial charge on any atom is 0.261 e. The molecule has 212 valence electrons. The fourth-order valence-electron chi connectivity index (χ4n) is 5.23. The summed E-state index contributed by atoms with van der Waals surface area (Å²) >= 11 is 3.54. The Labute approximate surface area is 241 Å². The summed E-state index contributed by atoms with van der Waals surface area (Å²) in [6.45, 7) is 6.99. The van der Waals surface area contributed by atoms with Crippen molar-refractivity contribution in [2.24, 2.45) is 0 Å². The number of halogens is 1. The third-order valence-electron chi connectivity index (χ3n) is 7.42. The Kier molecular flexibility index (Phi) is 8.75. The van der Waals surface area contributed by atoms with Crippen molar-refractivity contribution in [1.29, 1.82) is 0 Å². The van der Waals surface area contributed by atoms with Crippen LogP contribution >= 0.6 is 15.9 Å². The Balaban J connectivity index is 1.40. The number of methoxy groups -OCH3 is 2. The van der Waals surface area contributed by atoms with E-state index in [-0.39, 0.29) is 18.3 Å². The monoisotopic (exact) mass is 610 g/mol. The Morgan fingerprint density at radius 1 is 1.15 bits per heavy atom. The van der Waals surface area contributed by atoms with Gasteiger partial charge in [-0.15, -0.1) is 0 Å². The van der Waals surface area contributed by atoms with Crippen LogP contribution in [0.3, 0.4) is 0 Å². The number of aliphatic hydroxyl groups excluding tert-OH is 1. The zero-order valence-corrected chi connectivity index (χ0v) is 24.5. The molecular formula is C29H35BrN6O4. The van der Waals surface area contributed by atoms with E-state index in [2.05, 4.69) is 53.1 Å². The highest BCUT2D eigenvalue weighted by atomic mass is 79.9. The molecule has 1 fully saturated rings. The predicted octanol–water partition coefficient (Wildman–Crippen LogP) is 3.91. The molecule has 4 aromatic rings.